The van der Waals surface area contributed by atoms with Gasteiger partial charge in [0.1, 0.15) is 11.4 Å². The molecule has 0 saturated heterocycles. The fourth-order valence-corrected chi connectivity index (χ4v) is 4.19. The molecule has 1 heteroatoms. The van der Waals surface area contributed by atoms with Crippen LogP contribution in [0.1, 0.15) is 95.8 Å². The minimum absolute atomic E-state index is 0.0715. The van der Waals surface area contributed by atoms with E-state index in [1.807, 2.05) is 0 Å². The summed E-state index contributed by atoms with van der Waals surface area (Å²) in [7, 11) is 0. The minimum Gasteiger partial charge on any atom is -0.488 e. The number of hydrogen-bond acceptors (Lipinski definition) is 1. The van der Waals surface area contributed by atoms with Crippen LogP contribution in [-0.4, -0.2) is 5.60 Å². The highest BCUT2D eigenvalue weighted by atomic mass is 16.5. The molecule has 0 bridgehead atoms. The zero-order valence-electron chi connectivity index (χ0n) is 19.8. The van der Waals surface area contributed by atoms with Gasteiger partial charge in [0.25, 0.3) is 0 Å². The first-order chi connectivity index (χ1) is 14.3. The van der Waals surface area contributed by atoms with Gasteiger partial charge in [-0.15, -0.1) is 0 Å². The van der Waals surface area contributed by atoms with E-state index >= 15 is 0 Å². The zero-order chi connectivity index (χ0) is 21.9. The molecule has 30 heavy (non-hydrogen) atoms. The van der Waals surface area contributed by atoms with Gasteiger partial charge in [0.15, 0.2) is 0 Å². The van der Waals surface area contributed by atoms with Crippen molar-refractivity contribution in [1.29, 1.82) is 0 Å². The maximum absolute atomic E-state index is 5.92. The summed E-state index contributed by atoms with van der Waals surface area (Å²) in [6, 6.07) is 21.9. The van der Waals surface area contributed by atoms with Gasteiger partial charge < -0.3 is 4.74 Å². The Kier molecular flexibility index (Phi) is 6.91. The van der Waals surface area contributed by atoms with Crippen LogP contribution in [0.5, 0.6) is 5.75 Å². The van der Waals surface area contributed by atoms with Crippen molar-refractivity contribution in [2.24, 2.45) is 0 Å². The predicted molar refractivity (Wildman–Crippen MR) is 131 cm³/mol. The quantitative estimate of drug-likeness (QED) is 0.414. The van der Waals surface area contributed by atoms with Crippen LogP contribution >= 0.6 is 0 Å². The van der Waals surface area contributed by atoms with Crippen molar-refractivity contribution >= 4 is 10.8 Å². The van der Waals surface area contributed by atoms with E-state index in [9.17, 15) is 0 Å². The Morgan fingerprint density at radius 2 is 1.37 bits per heavy atom. The SMILES string of the molecule is CC1c2cccc3cccc(c23)C1C.CCC(C)c1ccc(OC(C)(C)CC)cc1. The molecule has 0 N–H and O–H groups in total. The topological polar surface area (TPSA) is 9.23 Å². The maximum atomic E-state index is 5.92. The van der Waals surface area contributed by atoms with E-state index in [1.165, 1.54) is 33.9 Å². The van der Waals surface area contributed by atoms with Crippen LogP contribution in [0.25, 0.3) is 10.8 Å². The van der Waals surface area contributed by atoms with Crippen molar-refractivity contribution in [2.45, 2.75) is 84.7 Å². The second-order valence-electron chi connectivity index (χ2n) is 9.46. The van der Waals surface area contributed by atoms with Gasteiger partial charge in [-0.05, 0) is 84.0 Å². The summed E-state index contributed by atoms with van der Waals surface area (Å²) in [5, 5.41) is 2.91. The second-order valence-corrected chi connectivity index (χ2v) is 9.46. The van der Waals surface area contributed by atoms with Crippen molar-refractivity contribution in [2.75, 3.05) is 0 Å². The third-order valence-corrected chi connectivity index (χ3v) is 7.01. The molecule has 0 aromatic heterocycles. The fraction of sp³-hybridized carbons (Fsp3) is 0.448. The molecule has 0 saturated carbocycles. The van der Waals surface area contributed by atoms with Crippen LogP contribution in [0.3, 0.4) is 0 Å². The highest BCUT2D eigenvalue weighted by molar-refractivity contribution is 5.92. The predicted octanol–water partition coefficient (Wildman–Crippen LogP) is 8.83. The number of rotatable bonds is 5. The lowest BCUT2D eigenvalue weighted by Gasteiger charge is -2.25. The third-order valence-electron chi connectivity index (χ3n) is 7.01. The first-order valence-corrected chi connectivity index (χ1v) is 11.6. The lowest BCUT2D eigenvalue weighted by atomic mass is 9.94. The van der Waals surface area contributed by atoms with Crippen LogP contribution in [0.4, 0.5) is 0 Å². The average molecular weight is 403 g/mol. The molecule has 1 nitrogen and oxygen atoms in total. The molecule has 0 aliphatic heterocycles. The standard InChI is InChI=1S/C15H24O.C14H14/c1-6-12(3)13-8-10-14(11-9-13)16-15(4,5)7-2;1-9-10(2)13-8-4-6-11-5-3-7-12(9)14(11)13/h8-12H,6-7H2,1-5H3;3-10H,1-2H3. The molecule has 0 amide bonds. The summed E-state index contributed by atoms with van der Waals surface area (Å²) in [5.74, 6) is 2.96. The summed E-state index contributed by atoms with van der Waals surface area (Å²) >= 11 is 0. The number of benzene rings is 3. The summed E-state index contributed by atoms with van der Waals surface area (Å²) < 4.78 is 5.92. The Hall–Kier alpha value is -2.28. The first-order valence-electron chi connectivity index (χ1n) is 11.6. The maximum Gasteiger partial charge on any atom is 0.120 e. The van der Waals surface area contributed by atoms with E-state index in [-0.39, 0.29) is 5.60 Å². The fourth-order valence-electron chi connectivity index (χ4n) is 4.19. The molecule has 3 unspecified atom stereocenters. The Balaban J connectivity index is 0.000000171. The van der Waals surface area contributed by atoms with Gasteiger partial charge in [0.05, 0.1) is 0 Å². The highest BCUT2D eigenvalue weighted by Crippen LogP contribution is 2.45. The van der Waals surface area contributed by atoms with E-state index < -0.39 is 0 Å². The molecular weight excluding hydrogens is 364 g/mol. The van der Waals surface area contributed by atoms with E-state index in [0.717, 1.165) is 12.2 Å². The summed E-state index contributed by atoms with van der Waals surface area (Å²) in [4.78, 5) is 0. The Morgan fingerprint density at radius 3 is 1.83 bits per heavy atom. The smallest absolute Gasteiger partial charge is 0.120 e. The molecular formula is C29H38O. The summed E-state index contributed by atoms with van der Waals surface area (Å²) in [5.41, 5.74) is 4.39. The van der Waals surface area contributed by atoms with Gasteiger partial charge in [-0.1, -0.05) is 83.1 Å². The second kappa shape index (κ2) is 9.25. The van der Waals surface area contributed by atoms with E-state index in [4.69, 9.17) is 4.74 Å². The molecule has 3 atom stereocenters. The number of ether oxygens (including phenoxy) is 1. The zero-order valence-corrected chi connectivity index (χ0v) is 19.8. The molecule has 0 radical (unpaired) electrons. The molecule has 1 aliphatic carbocycles. The van der Waals surface area contributed by atoms with Crippen molar-refractivity contribution in [1.82, 2.24) is 0 Å². The monoisotopic (exact) mass is 402 g/mol. The van der Waals surface area contributed by atoms with Crippen LogP contribution in [0, 0.1) is 0 Å². The molecule has 3 aromatic carbocycles. The van der Waals surface area contributed by atoms with Crippen LogP contribution in [0.15, 0.2) is 60.7 Å². The molecule has 0 heterocycles. The van der Waals surface area contributed by atoms with E-state index in [0.29, 0.717) is 17.8 Å². The van der Waals surface area contributed by atoms with Gasteiger partial charge >= 0.3 is 0 Å². The van der Waals surface area contributed by atoms with Crippen molar-refractivity contribution in [3.63, 3.8) is 0 Å². The largest absolute Gasteiger partial charge is 0.488 e. The summed E-state index contributed by atoms with van der Waals surface area (Å²) in [6.45, 7) is 15.5. The molecule has 0 fully saturated rings. The van der Waals surface area contributed by atoms with Crippen LogP contribution in [0.2, 0.25) is 0 Å². The van der Waals surface area contributed by atoms with E-state index in [1.54, 1.807) is 0 Å². The lowest BCUT2D eigenvalue weighted by Crippen LogP contribution is -2.26. The van der Waals surface area contributed by atoms with Crippen molar-refractivity contribution in [3.05, 3.63) is 77.4 Å². The highest BCUT2D eigenvalue weighted by Gasteiger charge is 2.27. The number of hydrogen-bond donors (Lipinski definition) is 0. The van der Waals surface area contributed by atoms with Gasteiger partial charge in [-0.3, -0.25) is 0 Å². The molecule has 160 valence electrons. The van der Waals surface area contributed by atoms with E-state index in [2.05, 4.69) is 109 Å². The van der Waals surface area contributed by atoms with Crippen LogP contribution < -0.4 is 4.74 Å². The first kappa shape index (κ1) is 22.4. The van der Waals surface area contributed by atoms with Gasteiger partial charge in [0.2, 0.25) is 0 Å². The van der Waals surface area contributed by atoms with Crippen LogP contribution in [-0.2, 0) is 0 Å². The van der Waals surface area contributed by atoms with Gasteiger partial charge in [-0.25, -0.2) is 0 Å². The molecule has 0 spiro atoms. The normalized spacial score (nSPS) is 18.6. The Labute approximate surface area is 183 Å². The average Bonchev–Trinajstić information content (AvgIpc) is 3.01. The summed E-state index contributed by atoms with van der Waals surface area (Å²) in [6.07, 6.45) is 2.20. The lowest BCUT2D eigenvalue weighted by molar-refractivity contribution is 0.105. The van der Waals surface area contributed by atoms with Crippen molar-refractivity contribution in [3.8, 4) is 5.75 Å². The van der Waals surface area contributed by atoms with Gasteiger partial charge in [-0.2, -0.15) is 0 Å². The molecule has 4 rings (SSSR count). The third kappa shape index (κ3) is 4.72. The minimum atomic E-state index is -0.0715. The van der Waals surface area contributed by atoms with Crippen molar-refractivity contribution < 1.29 is 4.74 Å². The Bertz CT molecular complexity index is 925. The molecule has 3 aromatic rings. The van der Waals surface area contributed by atoms with Gasteiger partial charge in [0, 0.05) is 0 Å². The molecule has 1 aliphatic rings. The Morgan fingerprint density at radius 1 is 0.833 bits per heavy atom.